The first-order valence-electron chi connectivity index (χ1n) is 9.80. The minimum atomic E-state index is -0.708. The molecule has 0 aliphatic carbocycles. The van der Waals surface area contributed by atoms with Gasteiger partial charge in [-0.05, 0) is 44.2 Å². The summed E-state index contributed by atoms with van der Waals surface area (Å²) in [5, 5.41) is 13.3. The molecule has 2 fully saturated rings. The molecule has 2 aliphatic rings. The topological polar surface area (TPSA) is 101 Å². The van der Waals surface area contributed by atoms with E-state index >= 15 is 0 Å². The molecule has 2 N–H and O–H groups in total. The first kappa shape index (κ1) is 20.5. The van der Waals surface area contributed by atoms with Gasteiger partial charge in [-0.3, -0.25) is 9.59 Å². The van der Waals surface area contributed by atoms with Crippen molar-refractivity contribution in [2.45, 2.75) is 51.4 Å². The van der Waals surface area contributed by atoms with E-state index in [1.165, 1.54) is 7.11 Å². The van der Waals surface area contributed by atoms with Crippen LogP contribution < -0.4 is 10.1 Å². The zero-order chi connectivity index (χ0) is 20.3. The fourth-order valence-electron chi connectivity index (χ4n) is 3.83. The number of β-amino-alcohol motifs (C(OH)–C–C–N with tert-alkyl or cyclic N) is 1. The Hall–Kier alpha value is -2.19. The molecule has 1 aromatic heterocycles. The number of hydrogen-bond acceptors (Lipinski definition) is 6. The summed E-state index contributed by atoms with van der Waals surface area (Å²) in [7, 11) is 1.49. The predicted octanol–water partition coefficient (Wildman–Crippen LogP) is 0.905. The SMILES string of the molecule is COc1ccc(C)nc1C(=O)N[C@@H]1CCN(C(=O)[C@@H]2OCC[C@@H]2C)C[C@H](O)C1. The maximum absolute atomic E-state index is 12.8. The Labute approximate surface area is 165 Å². The number of likely N-dealkylation sites (tertiary alicyclic amines) is 1. The molecular weight excluding hydrogens is 362 g/mol. The van der Waals surface area contributed by atoms with Crippen molar-refractivity contribution in [1.82, 2.24) is 15.2 Å². The third-order valence-electron chi connectivity index (χ3n) is 5.45. The van der Waals surface area contributed by atoms with E-state index in [9.17, 15) is 14.7 Å². The van der Waals surface area contributed by atoms with Crippen molar-refractivity contribution in [2.24, 2.45) is 5.92 Å². The summed E-state index contributed by atoms with van der Waals surface area (Å²) >= 11 is 0. The first-order chi connectivity index (χ1) is 13.4. The lowest BCUT2D eigenvalue weighted by Crippen LogP contribution is -2.44. The van der Waals surface area contributed by atoms with Gasteiger partial charge >= 0.3 is 0 Å². The van der Waals surface area contributed by atoms with Crippen molar-refractivity contribution in [3.8, 4) is 5.75 Å². The Morgan fingerprint density at radius 1 is 1.36 bits per heavy atom. The molecule has 3 rings (SSSR count). The van der Waals surface area contributed by atoms with Crippen LogP contribution in [-0.4, -0.2) is 71.9 Å². The standard InChI is InChI=1S/C20H29N3O5/c1-12-7-9-28-18(12)20(26)23-8-6-14(10-15(24)11-23)22-19(25)17-16(27-3)5-4-13(2)21-17/h4-5,12,14-15,18,24H,6-11H2,1-3H3,(H,22,25)/t12-,14+,15+,18+/m0/s1. The average molecular weight is 391 g/mol. The molecule has 28 heavy (non-hydrogen) atoms. The number of amides is 2. The number of carbonyl (C=O) groups excluding carboxylic acids is 2. The van der Waals surface area contributed by atoms with Gasteiger partial charge in [0.25, 0.3) is 11.8 Å². The second kappa shape index (κ2) is 8.87. The maximum Gasteiger partial charge on any atom is 0.273 e. The highest BCUT2D eigenvalue weighted by molar-refractivity contribution is 5.95. The fraction of sp³-hybridized carbons (Fsp3) is 0.650. The number of nitrogens with zero attached hydrogens (tertiary/aromatic N) is 2. The van der Waals surface area contributed by atoms with E-state index in [2.05, 4.69) is 10.3 Å². The quantitative estimate of drug-likeness (QED) is 0.791. The van der Waals surface area contributed by atoms with Crippen LogP contribution in [0.25, 0.3) is 0 Å². The van der Waals surface area contributed by atoms with Crippen LogP contribution in [0.15, 0.2) is 12.1 Å². The number of aryl methyl sites for hydroxylation is 1. The number of rotatable bonds is 4. The van der Waals surface area contributed by atoms with Crippen molar-refractivity contribution in [2.75, 3.05) is 26.8 Å². The molecular formula is C20H29N3O5. The van der Waals surface area contributed by atoms with Gasteiger partial charge in [0.05, 0.1) is 13.2 Å². The Balaban J connectivity index is 1.64. The third kappa shape index (κ3) is 4.62. The number of aliphatic hydroxyl groups is 1. The van der Waals surface area contributed by atoms with Gasteiger partial charge in [0.2, 0.25) is 0 Å². The highest BCUT2D eigenvalue weighted by Crippen LogP contribution is 2.24. The van der Waals surface area contributed by atoms with Gasteiger partial charge < -0.3 is 24.8 Å². The fourth-order valence-corrected chi connectivity index (χ4v) is 3.83. The highest BCUT2D eigenvalue weighted by Gasteiger charge is 2.36. The molecule has 8 heteroatoms. The van der Waals surface area contributed by atoms with Gasteiger partial charge in [-0.2, -0.15) is 0 Å². The minimum absolute atomic E-state index is 0.0713. The van der Waals surface area contributed by atoms with Crippen molar-refractivity contribution < 1.29 is 24.2 Å². The van der Waals surface area contributed by atoms with Crippen LogP contribution in [0.3, 0.4) is 0 Å². The molecule has 8 nitrogen and oxygen atoms in total. The lowest BCUT2D eigenvalue weighted by atomic mass is 10.0. The van der Waals surface area contributed by atoms with Crippen molar-refractivity contribution in [3.63, 3.8) is 0 Å². The number of carbonyl (C=O) groups is 2. The van der Waals surface area contributed by atoms with Gasteiger partial charge in [-0.25, -0.2) is 4.98 Å². The molecule has 0 unspecified atom stereocenters. The summed E-state index contributed by atoms with van der Waals surface area (Å²) in [5.74, 6) is 0.174. The molecule has 2 amide bonds. The van der Waals surface area contributed by atoms with Gasteiger partial charge in [-0.15, -0.1) is 0 Å². The Bertz CT molecular complexity index is 726. The van der Waals surface area contributed by atoms with E-state index in [4.69, 9.17) is 9.47 Å². The predicted molar refractivity (Wildman–Crippen MR) is 102 cm³/mol. The van der Waals surface area contributed by atoms with Crippen LogP contribution in [0.5, 0.6) is 5.75 Å². The largest absolute Gasteiger partial charge is 0.494 e. The van der Waals surface area contributed by atoms with Gasteiger partial charge in [0, 0.05) is 31.4 Å². The zero-order valence-electron chi connectivity index (χ0n) is 16.7. The zero-order valence-corrected chi connectivity index (χ0v) is 16.7. The first-order valence-corrected chi connectivity index (χ1v) is 9.80. The van der Waals surface area contributed by atoms with Crippen molar-refractivity contribution in [3.05, 3.63) is 23.5 Å². The summed E-state index contributed by atoms with van der Waals surface area (Å²) in [4.78, 5) is 31.4. The van der Waals surface area contributed by atoms with Crippen LogP contribution >= 0.6 is 0 Å². The summed E-state index contributed by atoms with van der Waals surface area (Å²) < 4.78 is 10.8. The number of nitrogens with one attached hydrogen (secondary N) is 1. The van der Waals surface area contributed by atoms with E-state index < -0.39 is 12.2 Å². The van der Waals surface area contributed by atoms with E-state index in [1.54, 1.807) is 24.0 Å². The normalized spacial score (nSPS) is 27.9. The van der Waals surface area contributed by atoms with Crippen molar-refractivity contribution in [1.29, 1.82) is 0 Å². The summed E-state index contributed by atoms with van der Waals surface area (Å²) in [6.45, 7) is 5.13. The van der Waals surface area contributed by atoms with Gasteiger partial charge in [0.1, 0.15) is 11.9 Å². The monoisotopic (exact) mass is 391 g/mol. The third-order valence-corrected chi connectivity index (χ3v) is 5.45. The number of methoxy groups -OCH3 is 1. The second-order valence-corrected chi connectivity index (χ2v) is 7.69. The Morgan fingerprint density at radius 3 is 2.82 bits per heavy atom. The van der Waals surface area contributed by atoms with Gasteiger partial charge in [-0.1, -0.05) is 6.92 Å². The number of ether oxygens (including phenoxy) is 2. The van der Waals surface area contributed by atoms with E-state index in [1.807, 2.05) is 6.92 Å². The molecule has 1 aromatic rings. The van der Waals surface area contributed by atoms with Crippen LogP contribution in [0.2, 0.25) is 0 Å². The average Bonchev–Trinajstić information content (AvgIpc) is 3.00. The molecule has 4 atom stereocenters. The maximum atomic E-state index is 12.8. The number of pyridine rings is 1. The molecule has 0 radical (unpaired) electrons. The molecule has 0 bridgehead atoms. The van der Waals surface area contributed by atoms with E-state index in [-0.39, 0.29) is 36.0 Å². The Morgan fingerprint density at radius 2 is 2.14 bits per heavy atom. The second-order valence-electron chi connectivity index (χ2n) is 7.69. The van der Waals surface area contributed by atoms with Crippen LogP contribution in [0.1, 0.15) is 42.4 Å². The van der Waals surface area contributed by atoms with Crippen LogP contribution in [-0.2, 0) is 9.53 Å². The smallest absolute Gasteiger partial charge is 0.273 e. The molecule has 0 spiro atoms. The molecule has 3 heterocycles. The summed E-state index contributed by atoms with van der Waals surface area (Å²) in [5.41, 5.74) is 0.941. The number of aromatic nitrogens is 1. The number of hydrogen-bond donors (Lipinski definition) is 2. The summed E-state index contributed by atoms with van der Waals surface area (Å²) in [6.07, 6.45) is 0.672. The lowest BCUT2D eigenvalue weighted by molar-refractivity contribution is -0.143. The van der Waals surface area contributed by atoms with Gasteiger partial charge in [0.15, 0.2) is 5.69 Å². The molecule has 154 valence electrons. The summed E-state index contributed by atoms with van der Waals surface area (Å²) in [6, 6.07) is 3.23. The van der Waals surface area contributed by atoms with Crippen LogP contribution in [0.4, 0.5) is 0 Å². The lowest BCUT2D eigenvalue weighted by Gasteiger charge is -2.26. The van der Waals surface area contributed by atoms with E-state index in [0.29, 0.717) is 37.4 Å². The number of aliphatic hydroxyl groups excluding tert-OH is 1. The minimum Gasteiger partial charge on any atom is -0.494 e. The molecule has 2 aliphatic heterocycles. The van der Waals surface area contributed by atoms with E-state index in [0.717, 1.165) is 6.42 Å². The molecule has 0 saturated carbocycles. The van der Waals surface area contributed by atoms with Crippen molar-refractivity contribution >= 4 is 11.8 Å². The molecule has 2 saturated heterocycles. The highest BCUT2D eigenvalue weighted by atomic mass is 16.5. The molecule has 0 aromatic carbocycles. The van der Waals surface area contributed by atoms with Crippen LogP contribution in [0, 0.1) is 12.8 Å². The Kier molecular flexibility index (Phi) is 6.51.